The van der Waals surface area contributed by atoms with Crippen molar-refractivity contribution in [3.05, 3.63) is 59.7 Å². The van der Waals surface area contributed by atoms with Gasteiger partial charge in [0.05, 0.1) is 0 Å². The van der Waals surface area contributed by atoms with E-state index in [-0.39, 0.29) is 49.3 Å². The Kier molecular flexibility index (Phi) is 32.4. The maximum absolute atomic E-state index is 12.9. The van der Waals surface area contributed by atoms with E-state index in [2.05, 4.69) is 31.2 Å². The van der Waals surface area contributed by atoms with Crippen LogP contribution < -0.4 is 21.3 Å². The predicted octanol–water partition coefficient (Wildman–Crippen LogP) is 4.02. The molecule has 2 aromatic rings. The standard InChI is InChI=1S/C16H24FN3O3S.C15H22FN3O3S.2CO2/c1-12(4-5-15(21)22)20-16(23)19-7-2-3-9-24-11-13-6-8-18-14(17)10-13;1-11(3-4-14(20)21)19-15(22)18-6-2-8-23-10-12-5-7-17-13(16)9-12;2*2-1-3/h6,8,10,12H,2-5,7,9,11H2,1H3,(H,21,22)(H2,19,20,23);5,7,9,11H,2-4,6,8,10H2,1H3,(H,20,21)(H2,18,19,22);;/i17-1;16-1;;. The largest absolute Gasteiger partial charge is 0.481 e. The summed E-state index contributed by atoms with van der Waals surface area (Å²) in [5.74, 6) is 0.563. The molecule has 0 aromatic carbocycles. The number of hydrogen-bond acceptors (Lipinski definition) is 12. The molecule has 2 heterocycles. The number of unbranched alkanes of at least 4 members (excludes halogenated alkanes) is 1. The van der Waals surface area contributed by atoms with Crippen LogP contribution in [0.1, 0.15) is 69.9 Å². The van der Waals surface area contributed by atoms with Crippen LogP contribution in [0.2, 0.25) is 0 Å². The molecule has 4 amide bonds. The van der Waals surface area contributed by atoms with E-state index in [4.69, 9.17) is 29.4 Å². The Balaban J connectivity index is 0. The molecule has 16 nitrogen and oxygen atoms in total. The molecule has 0 fully saturated rings. The van der Waals surface area contributed by atoms with Crippen LogP contribution >= 0.6 is 23.5 Å². The Morgan fingerprint density at radius 2 is 1.08 bits per heavy atom. The number of pyridine rings is 2. The third kappa shape index (κ3) is 35.3. The van der Waals surface area contributed by atoms with Crippen molar-refractivity contribution in [2.75, 3.05) is 24.6 Å². The fourth-order valence-electron chi connectivity index (χ4n) is 3.73. The number of hydrogen-bond donors (Lipinski definition) is 6. The highest BCUT2D eigenvalue weighted by atomic mass is 32.2. The summed E-state index contributed by atoms with van der Waals surface area (Å²) >= 11 is 3.38. The van der Waals surface area contributed by atoms with Gasteiger partial charge in [0, 0.05) is 61.9 Å². The molecular formula is C33H46F2N6O10S2. The Morgan fingerprint density at radius 1 is 0.698 bits per heavy atom. The van der Waals surface area contributed by atoms with Gasteiger partial charge in [-0.3, -0.25) is 9.59 Å². The highest BCUT2D eigenvalue weighted by molar-refractivity contribution is 7.98. The number of aliphatic carboxylic acids is 2. The lowest BCUT2D eigenvalue weighted by atomic mass is 10.2. The lowest BCUT2D eigenvalue weighted by molar-refractivity contribution is -0.193. The Bertz CT molecular complexity index is 1410. The van der Waals surface area contributed by atoms with Gasteiger partial charge in [0.1, 0.15) is 0 Å². The van der Waals surface area contributed by atoms with E-state index in [0.29, 0.717) is 31.7 Å². The molecule has 0 aliphatic carbocycles. The predicted molar refractivity (Wildman–Crippen MR) is 190 cm³/mol. The van der Waals surface area contributed by atoms with Gasteiger partial charge < -0.3 is 31.5 Å². The first-order valence-corrected chi connectivity index (χ1v) is 18.5. The molecule has 0 spiro atoms. The SMILES string of the molecule is CC(CCC(=O)O)NC(=O)NCCCCSCc1ccnc([18F])c1.CC(CCC(=O)O)NC(=O)NCCCSCc1ccnc([18F])c1.O=C=O.O=C=O. The van der Waals surface area contributed by atoms with Crippen molar-refractivity contribution in [1.29, 1.82) is 0 Å². The number of aromatic nitrogens is 2. The number of thioether (sulfide) groups is 2. The minimum absolute atomic E-state index is 0.0354. The normalized spacial score (nSPS) is 10.7. The molecule has 0 aliphatic heterocycles. The van der Waals surface area contributed by atoms with E-state index in [9.17, 15) is 28.0 Å². The average molecular weight is 787 g/mol. The lowest BCUT2D eigenvalue weighted by Crippen LogP contribution is -2.41. The van der Waals surface area contributed by atoms with E-state index in [1.807, 2.05) is 0 Å². The first-order chi connectivity index (χ1) is 25.3. The molecule has 0 bridgehead atoms. The molecule has 294 valence electrons. The monoisotopic (exact) mass is 786 g/mol. The minimum Gasteiger partial charge on any atom is -0.481 e. The summed E-state index contributed by atoms with van der Waals surface area (Å²) in [4.78, 5) is 83.5. The van der Waals surface area contributed by atoms with E-state index < -0.39 is 23.8 Å². The third-order valence-corrected chi connectivity index (χ3v) is 8.44. The van der Waals surface area contributed by atoms with Crippen LogP contribution in [0.4, 0.5) is 18.4 Å². The van der Waals surface area contributed by atoms with Crippen molar-refractivity contribution >= 4 is 59.8 Å². The van der Waals surface area contributed by atoms with Gasteiger partial charge in [-0.05, 0) is 92.8 Å². The van der Waals surface area contributed by atoms with E-state index in [1.165, 1.54) is 24.5 Å². The molecule has 2 atom stereocenters. The molecule has 2 unspecified atom stereocenters. The van der Waals surface area contributed by atoms with Crippen molar-refractivity contribution in [1.82, 2.24) is 31.2 Å². The van der Waals surface area contributed by atoms with Gasteiger partial charge in [0.25, 0.3) is 0 Å². The van der Waals surface area contributed by atoms with Crippen molar-refractivity contribution in [3.63, 3.8) is 0 Å². The second-order valence-corrected chi connectivity index (χ2v) is 13.0. The number of halogens is 2. The second kappa shape index (κ2) is 34.2. The number of carbonyl (C=O) groups excluding carboxylic acids is 6. The molecule has 0 aliphatic rings. The fourth-order valence-corrected chi connectivity index (χ4v) is 5.60. The zero-order valence-corrected chi connectivity index (χ0v) is 31.1. The van der Waals surface area contributed by atoms with Gasteiger partial charge in [-0.15, -0.1) is 0 Å². The number of carboxylic acids is 2. The van der Waals surface area contributed by atoms with E-state index in [0.717, 1.165) is 47.6 Å². The van der Waals surface area contributed by atoms with Crippen LogP contribution in [0.5, 0.6) is 0 Å². The maximum Gasteiger partial charge on any atom is 0.373 e. The number of nitrogens with one attached hydrogen (secondary N) is 4. The Hall–Kier alpha value is -4.90. The van der Waals surface area contributed by atoms with E-state index >= 15 is 0 Å². The van der Waals surface area contributed by atoms with E-state index in [1.54, 1.807) is 49.5 Å². The van der Waals surface area contributed by atoms with Crippen LogP contribution in [0.3, 0.4) is 0 Å². The summed E-state index contributed by atoms with van der Waals surface area (Å²) in [6.07, 6.45) is 6.91. The summed E-state index contributed by atoms with van der Waals surface area (Å²) in [6.45, 7) is 4.66. The van der Waals surface area contributed by atoms with Crippen LogP contribution in [0.25, 0.3) is 0 Å². The average Bonchev–Trinajstić information content (AvgIpc) is 3.08. The quantitative estimate of drug-likeness (QED) is 0.0773. The second-order valence-electron chi connectivity index (χ2n) is 10.8. The molecule has 6 N–H and O–H groups in total. The summed E-state index contributed by atoms with van der Waals surface area (Å²) in [7, 11) is 0. The van der Waals surface area contributed by atoms with Gasteiger partial charge >= 0.3 is 36.3 Å². The van der Waals surface area contributed by atoms with Crippen LogP contribution in [-0.4, -0.2) is 93.2 Å². The zero-order chi connectivity index (χ0) is 40.3. The number of carbonyl (C=O) groups is 4. The molecule has 53 heavy (non-hydrogen) atoms. The number of carboxylic acid groups (broad SMARTS) is 2. The fraction of sp³-hybridized carbons (Fsp3) is 0.515. The first-order valence-electron chi connectivity index (χ1n) is 16.1. The molecule has 2 aromatic heterocycles. The number of amides is 4. The van der Waals surface area contributed by atoms with Crippen molar-refractivity contribution < 1.29 is 57.4 Å². The highest BCUT2D eigenvalue weighted by Crippen LogP contribution is 2.14. The van der Waals surface area contributed by atoms with Gasteiger partial charge in [-0.2, -0.15) is 51.5 Å². The Morgan fingerprint density at radius 3 is 1.45 bits per heavy atom. The van der Waals surface area contributed by atoms with Crippen LogP contribution in [0.15, 0.2) is 36.7 Å². The molecule has 0 saturated carbocycles. The van der Waals surface area contributed by atoms with Crippen LogP contribution in [0, 0.1) is 11.9 Å². The van der Waals surface area contributed by atoms with Gasteiger partial charge in [-0.25, -0.2) is 19.6 Å². The number of nitrogens with zero attached hydrogens (tertiary/aromatic N) is 2. The molecule has 0 radical (unpaired) electrons. The topological polar surface area (TPSA) is 251 Å². The highest BCUT2D eigenvalue weighted by Gasteiger charge is 2.09. The summed E-state index contributed by atoms with van der Waals surface area (Å²) in [5.41, 5.74) is 1.81. The van der Waals surface area contributed by atoms with Crippen molar-refractivity contribution in [2.24, 2.45) is 0 Å². The Labute approximate surface area is 314 Å². The molecular weight excluding hydrogens is 741 g/mol. The lowest BCUT2D eigenvalue weighted by Gasteiger charge is -2.13. The van der Waals surface area contributed by atoms with Crippen molar-refractivity contribution in [3.8, 4) is 0 Å². The van der Waals surface area contributed by atoms with Gasteiger partial charge in [0.2, 0.25) is 11.9 Å². The third-order valence-electron chi connectivity index (χ3n) is 6.21. The summed E-state index contributed by atoms with van der Waals surface area (Å²) in [5, 5.41) is 28.0. The van der Waals surface area contributed by atoms with Gasteiger partial charge in [0.15, 0.2) is 0 Å². The first kappa shape index (κ1) is 50.2. The smallest absolute Gasteiger partial charge is 0.373 e. The summed E-state index contributed by atoms with van der Waals surface area (Å²) in [6, 6.07) is 5.52. The summed E-state index contributed by atoms with van der Waals surface area (Å²) < 4.78 is 25.8. The van der Waals surface area contributed by atoms with Crippen LogP contribution in [-0.2, 0) is 40.3 Å². The maximum atomic E-state index is 12.9. The molecule has 0 saturated heterocycles. The number of urea groups is 2. The van der Waals surface area contributed by atoms with Gasteiger partial charge in [-0.1, -0.05) is 0 Å². The molecule has 20 heteroatoms. The molecule has 2 rings (SSSR count). The zero-order valence-electron chi connectivity index (χ0n) is 29.4. The van der Waals surface area contributed by atoms with Crippen molar-refractivity contribution in [2.45, 2.75) is 82.4 Å². The number of rotatable bonds is 21. The minimum atomic E-state index is -0.870.